The van der Waals surface area contributed by atoms with E-state index in [4.69, 9.17) is 5.73 Å². The van der Waals surface area contributed by atoms with Gasteiger partial charge in [-0.1, -0.05) is 15.9 Å². The number of hydrogen-bond donors (Lipinski definition) is 2. The highest BCUT2D eigenvalue weighted by Crippen LogP contribution is 2.29. The first-order chi connectivity index (χ1) is 8.92. The Balaban J connectivity index is 2.33. The second kappa shape index (κ2) is 5.92. The minimum absolute atomic E-state index is 0.250. The number of hydrogen-bond acceptors (Lipinski definition) is 4. The molecule has 0 saturated carbocycles. The van der Waals surface area contributed by atoms with Gasteiger partial charge in [-0.15, -0.1) is 11.3 Å². The van der Waals surface area contributed by atoms with Gasteiger partial charge < -0.3 is 5.73 Å². The van der Waals surface area contributed by atoms with Crippen LogP contribution < -0.4 is 10.5 Å². The van der Waals surface area contributed by atoms with E-state index in [2.05, 4.69) is 36.6 Å². The highest BCUT2D eigenvalue weighted by Gasteiger charge is 2.18. The number of sulfonamides is 1. The van der Waals surface area contributed by atoms with E-state index >= 15 is 0 Å². The van der Waals surface area contributed by atoms with Gasteiger partial charge in [-0.25, -0.2) is 8.42 Å². The average molecular weight is 426 g/mol. The normalized spacial score (nSPS) is 11.5. The molecule has 102 valence electrons. The summed E-state index contributed by atoms with van der Waals surface area (Å²) in [5.41, 5.74) is 6.77. The van der Waals surface area contributed by atoms with Crippen LogP contribution in [0.15, 0.2) is 42.8 Å². The molecule has 8 heteroatoms. The van der Waals surface area contributed by atoms with Crippen molar-refractivity contribution in [1.29, 1.82) is 0 Å². The smallest absolute Gasteiger partial charge is 0.271 e. The fourth-order valence-electron chi connectivity index (χ4n) is 1.37. The van der Waals surface area contributed by atoms with Crippen LogP contribution in [0.4, 0.5) is 5.69 Å². The molecule has 0 atom stereocenters. The third-order valence-corrected chi connectivity index (χ3v) is 6.34. The number of halogens is 2. The molecule has 19 heavy (non-hydrogen) atoms. The lowest BCUT2D eigenvalue weighted by Gasteiger charge is -2.08. The summed E-state index contributed by atoms with van der Waals surface area (Å²) in [6, 6.07) is 6.86. The van der Waals surface area contributed by atoms with Gasteiger partial charge >= 0.3 is 0 Å². The highest BCUT2D eigenvalue weighted by atomic mass is 79.9. The van der Waals surface area contributed by atoms with Crippen LogP contribution in [-0.2, 0) is 16.6 Å². The van der Waals surface area contributed by atoms with Gasteiger partial charge in [-0.3, -0.25) is 4.72 Å². The zero-order chi connectivity index (χ0) is 14.0. The van der Waals surface area contributed by atoms with Gasteiger partial charge in [0.1, 0.15) is 4.21 Å². The molecule has 3 N–H and O–H groups in total. The van der Waals surface area contributed by atoms with E-state index in [1.807, 2.05) is 6.07 Å². The molecule has 0 bridgehead atoms. The summed E-state index contributed by atoms with van der Waals surface area (Å²) in [5, 5.41) is 1.74. The predicted octanol–water partition coefficient (Wildman–Crippen LogP) is 3.53. The van der Waals surface area contributed by atoms with Gasteiger partial charge in [0.15, 0.2) is 0 Å². The molecule has 2 rings (SSSR count). The summed E-state index contributed by atoms with van der Waals surface area (Å²) in [6.07, 6.45) is 0. The first kappa shape index (κ1) is 15.0. The van der Waals surface area contributed by atoms with Gasteiger partial charge in [0.2, 0.25) is 0 Å². The maximum Gasteiger partial charge on any atom is 0.271 e. The molecular formula is C11H10Br2N2O2S2. The maximum absolute atomic E-state index is 12.2. The van der Waals surface area contributed by atoms with E-state index in [0.29, 0.717) is 16.7 Å². The second-order valence-electron chi connectivity index (χ2n) is 3.71. The van der Waals surface area contributed by atoms with Crippen molar-refractivity contribution in [3.8, 4) is 0 Å². The molecule has 0 spiro atoms. The monoisotopic (exact) mass is 424 g/mol. The van der Waals surface area contributed by atoms with Crippen LogP contribution >= 0.6 is 43.2 Å². The summed E-state index contributed by atoms with van der Waals surface area (Å²) < 4.78 is 28.7. The molecule has 0 aliphatic carbocycles. The highest BCUT2D eigenvalue weighted by molar-refractivity contribution is 9.11. The van der Waals surface area contributed by atoms with E-state index in [0.717, 1.165) is 21.4 Å². The van der Waals surface area contributed by atoms with Crippen molar-refractivity contribution < 1.29 is 8.42 Å². The van der Waals surface area contributed by atoms with Gasteiger partial charge in [0, 0.05) is 15.5 Å². The largest absolute Gasteiger partial charge is 0.326 e. The van der Waals surface area contributed by atoms with Crippen LogP contribution in [0.25, 0.3) is 0 Å². The number of benzene rings is 1. The van der Waals surface area contributed by atoms with Gasteiger partial charge in [-0.05, 0) is 51.1 Å². The van der Waals surface area contributed by atoms with Crippen molar-refractivity contribution in [2.75, 3.05) is 4.72 Å². The molecular weight excluding hydrogens is 416 g/mol. The Bertz CT molecular complexity index is 698. The van der Waals surface area contributed by atoms with Crippen LogP contribution in [0, 0.1) is 0 Å². The average Bonchev–Trinajstić information content (AvgIpc) is 2.83. The molecule has 2 aromatic rings. The van der Waals surface area contributed by atoms with Crippen molar-refractivity contribution in [3.63, 3.8) is 0 Å². The van der Waals surface area contributed by atoms with Crippen LogP contribution in [0.5, 0.6) is 0 Å². The third-order valence-electron chi connectivity index (χ3n) is 2.30. The van der Waals surface area contributed by atoms with E-state index in [1.54, 1.807) is 23.6 Å². The molecule has 0 unspecified atom stereocenters. The Hall–Kier alpha value is -0.410. The zero-order valence-electron chi connectivity index (χ0n) is 9.56. The maximum atomic E-state index is 12.2. The molecule has 1 aromatic carbocycles. The topological polar surface area (TPSA) is 72.2 Å². The van der Waals surface area contributed by atoms with Gasteiger partial charge in [0.05, 0.1) is 5.69 Å². The van der Waals surface area contributed by atoms with E-state index < -0.39 is 10.0 Å². The predicted molar refractivity (Wildman–Crippen MR) is 84.9 cm³/mol. The summed E-state index contributed by atoms with van der Waals surface area (Å²) in [5.74, 6) is 0. The number of anilines is 1. The molecule has 1 aromatic heterocycles. The lowest BCUT2D eigenvalue weighted by molar-refractivity contribution is 0.603. The van der Waals surface area contributed by atoms with Crippen molar-refractivity contribution in [2.45, 2.75) is 10.8 Å². The van der Waals surface area contributed by atoms with Crippen molar-refractivity contribution in [1.82, 2.24) is 0 Å². The zero-order valence-corrected chi connectivity index (χ0v) is 14.4. The minimum atomic E-state index is -3.58. The van der Waals surface area contributed by atoms with E-state index in [9.17, 15) is 8.42 Å². The number of nitrogens with one attached hydrogen (secondary N) is 1. The van der Waals surface area contributed by atoms with E-state index in [-0.39, 0.29) is 4.21 Å². The summed E-state index contributed by atoms with van der Waals surface area (Å²) in [6.45, 7) is 0.326. The quantitative estimate of drug-likeness (QED) is 0.786. The molecule has 0 radical (unpaired) electrons. The molecule has 4 nitrogen and oxygen atoms in total. The van der Waals surface area contributed by atoms with Gasteiger partial charge in [0.25, 0.3) is 10.0 Å². The molecule has 0 amide bonds. The lowest BCUT2D eigenvalue weighted by Crippen LogP contribution is -2.12. The Morgan fingerprint density at radius 1 is 1.26 bits per heavy atom. The SMILES string of the molecule is NCc1csc(S(=O)(=O)Nc2cc(Br)ccc2Br)c1. The number of nitrogens with two attached hydrogens (primary N) is 1. The van der Waals surface area contributed by atoms with Crippen molar-refractivity contribution >= 4 is 58.9 Å². The fraction of sp³-hybridized carbons (Fsp3) is 0.0909. The minimum Gasteiger partial charge on any atom is -0.326 e. The molecule has 0 aliphatic rings. The van der Waals surface area contributed by atoms with Crippen molar-refractivity contribution in [3.05, 3.63) is 44.2 Å². The molecule has 0 saturated heterocycles. The lowest BCUT2D eigenvalue weighted by atomic mass is 10.3. The second-order valence-corrected chi connectivity index (χ2v) is 8.30. The number of thiophene rings is 1. The Kier molecular flexibility index (Phi) is 4.67. The van der Waals surface area contributed by atoms with Crippen LogP contribution in [0.2, 0.25) is 0 Å². The first-order valence-electron chi connectivity index (χ1n) is 5.18. The van der Waals surface area contributed by atoms with Gasteiger partial charge in [-0.2, -0.15) is 0 Å². The summed E-state index contributed by atoms with van der Waals surface area (Å²) >= 11 is 7.77. The van der Waals surface area contributed by atoms with Crippen LogP contribution in [0.3, 0.4) is 0 Å². The van der Waals surface area contributed by atoms with E-state index in [1.165, 1.54) is 0 Å². The fourth-order valence-corrected chi connectivity index (χ4v) is 4.50. The Morgan fingerprint density at radius 2 is 2.00 bits per heavy atom. The molecule has 0 aliphatic heterocycles. The van der Waals surface area contributed by atoms with Crippen molar-refractivity contribution in [2.24, 2.45) is 5.73 Å². The third kappa shape index (κ3) is 3.57. The summed E-state index contributed by atoms with van der Waals surface area (Å²) in [4.78, 5) is 0. The number of rotatable bonds is 4. The molecule has 0 fully saturated rings. The molecule has 1 heterocycles. The summed E-state index contributed by atoms with van der Waals surface area (Å²) in [7, 11) is -3.58. The first-order valence-corrected chi connectivity index (χ1v) is 9.12. The Morgan fingerprint density at radius 3 is 2.63 bits per heavy atom. The van der Waals surface area contributed by atoms with Crippen LogP contribution in [0.1, 0.15) is 5.56 Å². The van der Waals surface area contributed by atoms with Crippen LogP contribution in [-0.4, -0.2) is 8.42 Å². The Labute approximate surface area is 132 Å². The standard InChI is InChI=1S/C11H10Br2N2O2S2/c12-8-1-2-9(13)10(4-8)15-19(16,17)11-3-7(5-14)6-18-11/h1-4,6,15H,5,14H2.